The molecule has 5 fully saturated rings. The Morgan fingerprint density at radius 2 is 1.59 bits per heavy atom. The van der Waals surface area contributed by atoms with Gasteiger partial charge in [0, 0.05) is 0 Å². The van der Waals surface area contributed by atoms with Gasteiger partial charge in [-0.25, -0.2) is 0 Å². The fourth-order valence-electron chi connectivity index (χ4n) is 7.18. The molecule has 94 valence electrons. The maximum Gasteiger partial charge on any atom is 0.0979 e. The van der Waals surface area contributed by atoms with E-state index in [-0.39, 0.29) is 0 Å². The van der Waals surface area contributed by atoms with Gasteiger partial charge < -0.3 is 4.74 Å². The second-order valence-electron chi connectivity index (χ2n) is 7.96. The zero-order valence-electron chi connectivity index (χ0n) is 11.2. The van der Waals surface area contributed by atoms with Crippen LogP contribution in [0.5, 0.6) is 0 Å². The summed E-state index contributed by atoms with van der Waals surface area (Å²) in [5.74, 6) is 8.32. The minimum atomic E-state index is 0.388. The average Bonchev–Trinajstić information content (AvgIpc) is 2.72. The van der Waals surface area contributed by atoms with Crippen molar-refractivity contribution in [1.82, 2.24) is 0 Å². The summed E-state index contributed by atoms with van der Waals surface area (Å²) in [5, 5.41) is 0. The van der Waals surface area contributed by atoms with E-state index in [1.807, 2.05) is 0 Å². The van der Waals surface area contributed by atoms with Crippen LogP contribution in [0.4, 0.5) is 0 Å². The van der Waals surface area contributed by atoms with E-state index >= 15 is 0 Å². The Morgan fingerprint density at radius 1 is 0.941 bits per heavy atom. The Morgan fingerprint density at radius 3 is 2.24 bits per heavy atom. The monoisotopic (exact) mass is 232 g/mol. The normalized spacial score (nSPS) is 74.6. The van der Waals surface area contributed by atoms with E-state index in [4.69, 9.17) is 4.74 Å². The van der Waals surface area contributed by atoms with Crippen molar-refractivity contribution in [1.29, 1.82) is 0 Å². The molecule has 4 aliphatic carbocycles. The van der Waals surface area contributed by atoms with Crippen LogP contribution < -0.4 is 0 Å². The van der Waals surface area contributed by atoms with E-state index in [0.29, 0.717) is 11.7 Å². The SMILES string of the molecule is CC1C(C)C2CC1C1C3CC(C21)C1(C3)OC1C. The first-order valence-corrected chi connectivity index (χ1v) is 7.81. The molecule has 1 heterocycles. The van der Waals surface area contributed by atoms with Crippen molar-refractivity contribution >= 4 is 0 Å². The predicted molar refractivity (Wildman–Crippen MR) is 66.4 cm³/mol. The van der Waals surface area contributed by atoms with Gasteiger partial charge in [0.15, 0.2) is 0 Å². The Labute approximate surface area is 104 Å². The molecule has 1 saturated heterocycles. The molecule has 0 N–H and O–H groups in total. The molecule has 4 saturated carbocycles. The third kappa shape index (κ3) is 0.865. The van der Waals surface area contributed by atoms with Gasteiger partial charge in [-0.2, -0.15) is 0 Å². The van der Waals surface area contributed by atoms with E-state index in [2.05, 4.69) is 20.8 Å². The lowest BCUT2D eigenvalue weighted by Crippen LogP contribution is -2.42. The van der Waals surface area contributed by atoms with Gasteiger partial charge in [-0.05, 0) is 73.5 Å². The molecular formula is C16H24O. The van der Waals surface area contributed by atoms with Gasteiger partial charge >= 0.3 is 0 Å². The molecule has 17 heavy (non-hydrogen) atoms. The van der Waals surface area contributed by atoms with Crippen molar-refractivity contribution < 1.29 is 4.74 Å². The van der Waals surface area contributed by atoms with E-state index in [1.165, 1.54) is 12.8 Å². The molecule has 0 aromatic carbocycles. The Bertz CT molecular complexity index is 391. The molecule has 10 unspecified atom stereocenters. The van der Waals surface area contributed by atoms with Crippen molar-refractivity contribution in [3.05, 3.63) is 0 Å². The molecule has 0 amide bonds. The lowest BCUT2D eigenvalue weighted by Gasteiger charge is -2.43. The zero-order chi connectivity index (χ0) is 11.5. The van der Waals surface area contributed by atoms with Crippen LogP contribution >= 0.6 is 0 Å². The molecule has 1 nitrogen and oxygen atoms in total. The third-order valence-electron chi connectivity index (χ3n) is 7.96. The lowest BCUT2D eigenvalue weighted by molar-refractivity contribution is 0.0321. The van der Waals surface area contributed by atoms with Crippen LogP contribution in [-0.4, -0.2) is 11.7 Å². The molecule has 0 aromatic heterocycles. The summed E-state index contributed by atoms with van der Waals surface area (Å²) in [6, 6.07) is 0. The van der Waals surface area contributed by atoms with Crippen molar-refractivity contribution in [2.75, 3.05) is 0 Å². The molecule has 1 aliphatic heterocycles. The average molecular weight is 232 g/mol. The van der Waals surface area contributed by atoms with Gasteiger partial charge in [0.05, 0.1) is 11.7 Å². The smallest absolute Gasteiger partial charge is 0.0979 e. The third-order valence-corrected chi connectivity index (χ3v) is 7.96. The molecule has 0 aromatic rings. The topological polar surface area (TPSA) is 12.5 Å². The molecule has 1 spiro atoms. The van der Waals surface area contributed by atoms with Crippen molar-refractivity contribution in [2.45, 2.75) is 51.7 Å². The van der Waals surface area contributed by atoms with Gasteiger partial charge in [0.2, 0.25) is 0 Å². The first-order chi connectivity index (χ1) is 8.13. The molecule has 1 heteroatoms. The Hall–Kier alpha value is -0.0400. The first-order valence-electron chi connectivity index (χ1n) is 7.81. The maximum absolute atomic E-state index is 6.08. The number of hydrogen-bond acceptors (Lipinski definition) is 1. The van der Waals surface area contributed by atoms with E-state index in [0.717, 1.165) is 47.3 Å². The Kier molecular flexibility index (Phi) is 1.51. The number of fused-ring (bicyclic) bond motifs is 10. The molecule has 5 aliphatic rings. The quantitative estimate of drug-likeness (QED) is 0.461. The fourth-order valence-corrected chi connectivity index (χ4v) is 7.18. The number of rotatable bonds is 0. The summed E-state index contributed by atoms with van der Waals surface area (Å²) in [6.07, 6.45) is 5.09. The highest BCUT2D eigenvalue weighted by Gasteiger charge is 2.75. The van der Waals surface area contributed by atoms with Gasteiger partial charge in [-0.1, -0.05) is 13.8 Å². The van der Waals surface area contributed by atoms with Crippen LogP contribution in [0.15, 0.2) is 0 Å². The van der Waals surface area contributed by atoms with Crippen LogP contribution in [0.1, 0.15) is 40.0 Å². The highest BCUT2D eigenvalue weighted by Crippen LogP contribution is 2.75. The van der Waals surface area contributed by atoms with Crippen LogP contribution in [-0.2, 0) is 4.74 Å². The van der Waals surface area contributed by atoms with Crippen molar-refractivity contribution in [3.63, 3.8) is 0 Å². The number of hydrogen-bond donors (Lipinski definition) is 0. The molecule has 5 rings (SSSR count). The largest absolute Gasteiger partial charge is 0.366 e. The summed E-state index contributed by atoms with van der Waals surface area (Å²) in [6.45, 7) is 7.37. The van der Waals surface area contributed by atoms with Crippen LogP contribution in [0.2, 0.25) is 0 Å². The van der Waals surface area contributed by atoms with Crippen LogP contribution in [0.25, 0.3) is 0 Å². The summed E-state index contributed by atoms with van der Waals surface area (Å²) >= 11 is 0. The fraction of sp³-hybridized carbons (Fsp3) is 1.00. The van der Waals surface area contributed by atoms with Crippen molar-refractivity contribution in [3.8, 4) is 0 Å². The molecule has 0 radical (unpaired) electrons. The highest BCUT2D eigenvalue weighted by molar-refractivity contribution is 5.23. The lowest BCUT2D eigenvalue weighted by atomic mass is 9.61. The maximum atomic E-state index is 6.08. The zero-order valence-corrected chi connectivity index (χ0v) is 11.2. The molecule has 4 bridgehead atoms. The van der Waals surface area contributed by atoms with E-state index in [9.17, 15) is 0 Å². The summed E-state index contributed by atoms with van der Waals surface area (Å²) in [5.41, 5.74) is 0.388. The van der Waals surface area contributed by atoms with Gasteiger partial charge in [-0.15, -0.1) is 0 Å². The van der Waals surface area contributed by atoms with Gasteiger partial charge in [0.25, 0.3) is 0 Å². The summed E-state index contributed by atoms with van der Waals surface area (Å²) in [4.78, 5) is 0. The first kappa shape index (κ1) is 9.83. The molecular weight excluding hydrogens is 208 g/mol. The standard InChI is InChI=1S/C16H24O/c1-7-8(2)12-5-11(7)14-10-4-13(15(12)14)16(6-10)9(3)17-16/h7-15H,4-6H2,1-3H3. The number of ether oxygens (including phenoxy) is 1. The van der Waals surface area contributed by atoms with Gasteiger partial charge in [0.1, 0.15) is 0 Å². The summed E-state index contributed by atoms with van der Waals surface area (Å²) < 4.78 is 6.08. The highest BCUT2D eigenvalue weighted by atomic mass is 16.6. The molecule has 10 atom stereocenters. The summed E-state index contributed by atoms with van der Waals surface area (Å²) in [7, 11) is 0. The Balaban J connectivity index is 1.55. The second-order valence-corrected chi connectivity index (χ2v) is 7.96. The van der Waals surface area contributed by atoms with Gasteiger partial charge in [-0.3, -0.25) is 0 Å². The second kappa shape index (κ2) is 2.61. The van der Waals surface area contributed by atoms with Crippen LogP contribution in [0, 0.1) is 47.3 Å². The predicted octanol–water partition coefficient (Wildman–Crippen LogP) is 3.34. The number of epoxide rings is 1. The van der Waals surface area contributed by atoms with E-state index < -0.39 is 0 Å². The van der Waals surface area contributed by atoms with E-state index in [1.54, 1.807) is 6.42 Å². The minimum Gasteiger partial charge on any atom is -0.366 e. The minimum absolute atomic E-state index is 0.388. The van der Waals surface area contributed by atoms with Crippen molar-refractivity contribution in [2.24, 2.45) is 47.3 Å². The van der Waals surface area contributed by atoms with Crippen LogP contribution in [0.3, 0.4) is 0 Å².